The maximum atomic E-state index is 11.9. The van der Waals surface area contributed by atoms with Crippen molar-refractivity contribution in [1.82, 2.24) is 4.90 Å². The summed E-state index contributed by atoms with van der Waals surface area (Å²) >= 11 is 0. The number of nitriles is 1. The van der Waals surface area contributed by atoms with Gasteiger partial charge in [-0.1, -0.05) is 25.0 Å². The smallest absolute Gasteiger partial charge is 0.224 e. The van der Waals surface area contributed by atoms with Crippen LogP contribution in [0.5, 0.6) is 0 Å². The maximum Gasteiger partial charge on any atom is 0.224 e. The maximum absolute atomic E-state index is 11.9. The van der Waals surface area contributed by atoms with E-state index in [1.165, 1.54) is 25.7 Å². The van der Waals surface area contributed by atoms with Gasteiger partial charge in [0.1, 0.15) is 6.07 Å². The Hall–Kier alpha value is -1.86. The van der Waals surface area contributed by atoms with Gasteiger partial charge in [-0.2, -0.15) is 5.26 Å². The molecular weight excluding hydrogens is 262 g/mol. The molecule has 0 radical (unpaired) electrons. The lowest BCUT2D eigenvalue weighted by Crippen LogP contribution is -2.30. The van der Waals surface area contributed by atoms with Crippen molar-refractivity contribution < 1.29 is 4.79 Å². The van der Waals surface area contributed by atoms with Gasteiger partial charge < -0.3 is 10.2 Å². The zero-order chi connectivity index (χ0) is 15.1. The van der Waals surface area contributed by atoms with Crippen molar-refractivity contribution in [3.63, 3.8) is 0 Å². The van der Waals surface area contributed by atoms with Crippen LogP contribution in [0.3, 0.4) is 0 Å². The molecule has 1 saturated carbocycles. The Morgan fingerprint density at radius 2 is 2.10 bits per heavy atom. The summed E-state index contributed by atoms with van der Waals surface area (Å²) in [4.78, 5) is 14.3. The lowest BCUT2D eigenvalue weighted by Gasteiger charge is -2.23. The van der Waals surface area contributed by atoms with Gasteiger partial charge >= 0.3 is 0 Å². The van der Waals surface area contributed by atoms with E-state index in [-0.39, 0.29) is 5.91 Å². The molecule has 0 saturated heterocycles. The summed E-state index contributed by atoms with van der Waals surface area (Å²) in [7, 11) is 2.15. The second-order valence-corrected chi connectivity index (χ2v) is 5.73. The van der Waals surface area contributed by atoms with E-state index in [2.05, 4.69) is 23.3 Å². The first-order valence-corrected chi connectivity index (χ1v) is 7.70. The minimum absolute atomic E-state index is 0.0162. The van der Waals surface area contributed by atoms with Gasteiger partial charge in [0.2, 0.25) is 5.91 Å². The molecule has 0 heterocycles. The number of carbonyl (C=O) groups is 1. The zero-order valence-electron chi connectivity index (χ0n) is 12.6. The van der Waals surface area contributed by atoms with Gasteiger partial charge in [-0.05, 0) is 45.0 Å². The first kappa shape index (κ1) is 15.5. The fourth-order valence-corrected chi connectivity index (χ4v) is 2.92. The highest BCUT2D eigenvalue weighted by Crippen LogP contribution is 2.22. The molecule has 4 heteroatoms. The molecule has 2 rings (SSSR count). The van der Waals surface area contributed by atoms with Gasteiger partial charge in [0.25, 0.3) is 0 Å². The van der Waals surface area contributed by atoms with Crippen molar-refractivity contribution in [2.45, 2.75) is 44.6 Å². The monoisotopic (exact) mass is 285 g/mol. The van der Waals surface area contributed by atoms with E-state index >= 15 is 0 Å². The average Bonchev–Trinajstić information content (AvgIpc) is 3.02. The second kappa shape index (κ2) is 7.80. The zero-order valence-corrected chi connectivity index (χ0v) is 12.6. The van der Waals surface area contributed by atoms with Crippen LogP contribution < -0.4 is 5.32 Å². The Morgan fingerprint density at radius 3 is 2.81 bits per heavy atom. The number of rotatable bonds is 6. The Labute approximate surface area is 126 Å². The number of hydrogen-bond acceptors (Lipinski definition) is 3. The third-order valence-electron chi connectivity index (χ3n) is 4.18. The van der Waals surface area contributed by atoms with Crippen LogP contribution in [-0.2, 0) is 4.79 Å². The first-order chi connectivity index (χ1) is 10.2. The molecule has 1 fully saturated rings. The fraction of sp³-hybridized carbons (Fsp3) is 0.529. The van der Waals surface area contributed by atoms with Gasteiger partial charge in [-0.15, -0.1) is 0 Å². The third kappa shape index (κ3) is 4.57. The lowest BCUT2D eigenvalue weighted by molar-refractivity contribution is -0.116. The molecule has 1 N–H and O–H groups in total. The van der Waals surface area contributed by atoms with Gasteiger partial charge in [0, 0.05) is 12.5 Å². The highest BCUT2D eigenvalue weighted by atomic mass is 16.1. The number of para-hydroxylation sites is 1. The molecule has 1 aliphatic rings. The van der Waals surface area contributed by atoms with E-state index in [9.17, 15) is 4.79 Å². The van der Waals surface area contributed by atoms with E-state index in [4.69, 9.17) is 5.26 Å². The van der Waals surface area contributed by atoms with Crippen LogP contribution in [-0.4, -0.2) is 30.4 Å². The minimum atomic E-state index is -0.0162. The summed E-state index contributed by atoms with van der Waals surface area (Å²) in [6.07, 6.45) is 6.60. The summed E-state index contributed by atoms with van der Waals surface area (Å²) in [5.74, 6) is -0.0162. The third-order valence-corrected chi connectivity index (χ3v) is 4.18. The Balaban J connectivity index is 1.73. The Kier molecular flexibility index (Phi) is 5.77. The number of hydrogen-bond donors (Lipinski definition) is 1. The molecule has 0 aromatic heterocycles. The summed E-state index contributed by atoms with van der Waals surface area (Å²) in [5, 5.41) is 11.8. The predicted octanol–water partition coefficient (Wildman–Crippen LogP) is 3.15. The predicted molar refractivity (Wildman–Crippen MR) is 83.9 cm³/mol. The van der Waals surface area contributed by atoms with Crippen LogP contribution in [0.2, 0.25) is 0 Å². The molecule has 1 aliphatic carbocycles. The topological polar surface area (TPSA) is 56.1 Å². The molecule has 0 aliphatic heterocycles. The normalized spacial score (nSPS) is 15.1. The number of anilines is 1. The Morgan fingerprint density at radius 1 is 1.38 bits per heavy atom. The van der Waals surface area contributed by atoms with E-state index < -0.39 is 0 Å². The molecule has 0 unspecified atom stereocenters. The molecular formula is C17H23N3O. The van der Waals surface area contributed by atoms with Crippen molar-refractivity contribution in [3.8, 4) is 6.07 Å². The van der Waals surface area contributed by atoms with E-state index in [0.717, 1.165) is 13.0 Å². The lowest BCUT2D eigenvalue weighted by atomic mass is 10.1. The van der Waals surface area contributed by atoms with Gasteiger partial charge in [0.15, 0.2) is 0 Å². The standard InChI is InChI=1S/C17H23N3O/c1-20(15-8-3-4-9-15)12-6-11-17(21)19-16-10-5-2-7-14(16)13-18/h2,5,7,10,15H,3-4,6,8-9,11-12H2,1H3,(H,19,21). The summed E-state index contributed by atoms with van der Waals surface area (Å²) < 4.78 is 0. The minimum Gasteiger partial charge on any atom is -0.325 e. The van der Waals surface area contributed by atoms with Gasteiger partial charge in [-0.25, -0.2) is 0 Å². The van der Waals surface area contributed by atoms with Crippen molar-refractivity contribution in [2.75, 3.05) is 18.9 Å². The average molecular weight is 285 g/mol. The second-order valence-electron chi connectivity index (χ2n) is 5.73. The van der Waals surface area contributed by atoms with Crippen molar-refractivity contribution in [3.05, 3.63) is 29.8 Å². The van der Waals surface area contributed by atoms with E-state index in [1.807, 2.05) is 6.07 Å². The number of nitrogens with zero attached hydrogens (tertiary/aromatic N) is 2. The number of nitrogens with one attached hydrogen (secondary N) is 1. The molecule has 0 spiro atoms. The largest absolute Gasteiger partial charge is 0.325 e. The van der Waals surface area contributed by atoms with Gasteiger partial charge in [-0.3, -0.25) is 4.79 Å². The molecule has 0 atom stereocenters. The van der Waals surface area contributed by atoms with Crippen LogP contribution in [0.1, 0.15) is 44.1 Å². The molecule has 21 heavy (non-hydrogen) atoms. The SMILES string of the molecule is CN(CCCC(=O)Nc1ccccc1C#N)C1CCCC1. The summed E-state index contributed by atoms with van der Waals surface area (Å²) in [5.41, 5.74) is 1.11. The molecule has 1 aromatic rings. The van der Waals surface area contributed by atoms with Crippen molar-refractivity contribution in [1.29, 1.82) is 5.26 Å². The number of benzene rings is 1. The highest BCUT2D eigenvalue weighted by Gasteiger charge is 2.19. The van der Waals surface area contributed by atoms with Crippen molar-refractivity contribution >= 4 is 11.6 Å². The molecule has 1 amide bonds. The van der Waals surface area contributed by atoms with Gasteiger partial charge in [0.05, 0.1) is 11.3 Å². The summed E-state index contributed by atoms with van der Waals surface area (Å²) in [6.45, 7) is 0.956. The van der Waals surface area contributed by atoms with Crippen LogP contribution in [0.25, 0.3) is 0 Å². The van der Waals surface area contributed by atoms with Crippen LogP contribution >= 0.6 is 0 Å². The summed E-state index contributed by atoms with van der Waals surface area (Å²) in [6, 6.07) is 9.89. The van der Waals surface area contributed by atoms with Crippen LogP contribution in [0.4, 0.5) is 5.69 Å². The quantitative estimate of drug-likeness (QED) is 0.873. The molecule has 0 bridgehead atoms. The molecule has 1 aromatic carbocycles. The van der Waals surface area contributed by atoms with Crippen LogP contribution in [0, 0.1) is 11.3 Å². The fourth-order valence-electron chi connectivity index (χ4n) is 2.92. The molecule has 4 nitrogen and oxygen atoms in total. The van der Waals surface area contributed by atoms with E-state index in [1.54, 1.807) is 18.2 Å². The Bertz CT molecular complexity index is 515. The molecule has 112 valence electrons. The van der Waals surface area contributed by atoms with Crippen molar-refractivity contribution in [2.24, 2.45) is 0 Å². The number of amides is 1. The number of carbonyl (C=O) groups excluding carboxylic acids is 1. The highest BCUT2D eigenvalue weighted by molar-refractivity contribution is 5.92. The van der Waals surface area contributed by atoms with E-state index in [0.29, 0.717) is 23.7 Å². The van der Waals surface area contributed by atoms with Crippen LogP contribution in [0.15, 0.2) is 24.3 Å². The first-order valence-electron chi connectivity index (χ1n) is 7.70.